The third-order valence-electron chi connectivity index (χ3n) is 5.19. The van der Waals surface area contributed by atoms with E-state index in [1.165, 1.54) is 19.2 Å². The van der Waals surface area contributed by atoms with Gasteiger partial charge in [-0.05, 0) is 55.0 Å². The molecular formula is C24H24F3N3O5S. The molecule has 0 aliphatic carbocycles. The van der Waals surface area contributed by atoms with E-state index in [0.29, 0.717) is 11.3 Å². The number of hydrogen-bond acceptors (Lipinski definition) is 6. The number of halogens is 3. The Morgan fingerprint density at radius 1 is 1.17 bits per heavy atom. The molecule has 192 valence electrons. The van der Waals surface area contributed by atoms with E-state index in [1.54, 1.807) is 25.1 Å². The first-order valence-corrected chi connectivity index (χ1v) is 11.1. The van der Waals surface area contributed by atoms with Gasteiger partial charge < -0.3 is 30.2 Å². The molecule has 3 N–H and O–H groups in total. The summed E-state index contributed by atoms with van der Waals surface area (Å²) in [5.41, 5.74) is 0.107. The van der Waals surface area contributed by atoms with Crippen LogP contribution in [0.5, 0.6) is 11.5 Å². The highest BCUT2D eigenvalue weighted by Crippen LogP contribution is 2.36. The van der Waals surface area contributed by atoms with E-state index in [-0.39, 0.29) is 28.9 Å². The number of thiocarbonyl (C=S) groups is 1. The SMILES string of the molecule is C=C1NC(=S)N[C@@H](c2ccc(OCC(=O)Nc3cccc(C(F)(F)F)c3)c(OC)c2)[C@@H]1C(=O)OCC. The Morgan fingerprint density at radius 2 is 1.92 bits per heavy atom. The van der Waals surface area contributed by atoms with E-state index in [0.717, 1.165) is 12.1 Å². The van der Waals surface area contributed by atoms with Crippen LogP contribution in [0.3, 0.4) is 0 Å². The molecule has 0 spiro atoms. The van der Waals surface area contributed by atoms with E-state index in [2.05, 4.69) is 22.5 Å². The molecule has 8 nitrogen and oxygen atoms in total. The normalized spacial score (nSPS) is 17.5. The molecule has 1 saturated heterocycles. The van der Waals surface area contributed by atoms with Crippen LogP contribution in [0, 0.1) is 5.92 Å². The number of benzene rings is 2. The molecule has 0 saturated carbocycles. The molecule has 1 aliphatic rings. The van der Waals surface area contributed by atoms with E-state index < -0.39 is 42.2 Å². The Morgan fingerprint density at radius 3 is 2.58 bits per heavy atom. The smallest absolute Gasteiger partial charge is 0.416 e. The number of esters is 1. The first-order chi connectivity index (χ1) is 17.0. The topological polar surface area (TPSA) is 97.9 Å². The zero-order valence-electron chi connectivity index (χ0n) is 19.4. The van der Waals surface area contributed by atoms with Crippen molar-refractivity contribution in [3.8, 4) is 11.5 Å². The minimum absolute atomic E-state index is 0.0149. The number of hydrogen-bond donors (Lipinski definition) is 3. The monoisotopic (exact) mass is 523 g/mol. The van der Waals surface area contributed by atoms with Crippen molar-refractivity contribution in [3.63, 3.8) is 0 Å². The van der Waals surface area contributed by atoms with E-state index >= 15 is 0 Å². The average Bonchev–Trinajstić information content (AvgIpc) is 2.81. The summed E-state index contributed by atoms with van der Waals surface area (Å²) < 4.78 is 54.7. The molecule has 2 aromatic rings. The largest absolute Gasteiger partial charge is 0.493 e. The predicted molar refractivity (Wildman–Crippen MR) is 129 cm³/mol. The number of ether oxygens (including phenoxy) is 3. The van der Waals surface area contributed by atoms with Gasteiger partial charge in [-0.25, -0.2) is 0 Å². The molecule has 3 rings (SSSR count). The summed E-state index contributed by atoms with van der Waals surface area (Å²) in [7, 11) is 1.40. The fourth-order valence-corrected chi connectivity index (χ4v) is 3.84. The van der Waals surface area contributed by atoms with Crippen molar-refractivity contribution >= 4 is 34.9 Å². The van der Waals surface area contributed by atoms with Crippen LogP contribution in [0.1, 0.15) is 24.1 Å². The van der Waals surface area contributed by atoms with Gasteiger partial charge >= 0.3 is 12.1 Å². The van der Waals surface area contributed by atoms with Crippen molar-refractivity contribution < 1.29 is 37.0 Å². The molecule has 0 radical (unpaired) electrons. The highest BCUT2D eigenvalue weighted by atomic mass is 32.1. The summed E-state index contributed by atoms with van der Waals surface area (Å²) in [4.78, 5) is 24.8. The fraction of sp³-hybridized carbons (Fsp3) is 0.292. The number of anilines is 1. The lowest BCUT2D eigenvalue weighted by molar-refractivity contribution is -0.147. The Kier molecular flexibility index (Phi) is 8.41. The minimum atomic E-state index is -4.53. The van der Waals surface area contributed by atoms with Crippen molar-refractivity contribution in [3.05, 3.63) is 65.9 Å². The summed E-state index contributed by atoms with van der Waals surface area (Å²) in [6.45, 7) is 5.29. The number of methoxy groups -OCH3 is 1. The second kappa shape index (κ2) is 11.3. The molecule has 0 aromatic heterocycles. The third kappa shape index (κ3) is 6.45. The van der Waals surface area contributed by atoms with Gasteiger partial charge in [0.25, 0.3) is 5.91 Å². The average molecular weight is 524 g/mol. The van der Waals surface area contributed by atoms with E-state index in [4.69, 9.17) is 26.4 Å². The maximum absolute atomic E-state index is 12.9. The van der Waals surface area contributed by atoms with Crippen molar-refractivity contribution in [1.29, 1.82) is 0 Å². The summed E-state index contributed by atoms with van der Waals surface area (Å²) in [5, 5.41) is 8.53. The van der Waals surface area contributed by atoms with Crippen LogP contribution in [0.2, 0.25) is 0 Å². The van der Waals surface area contributed by atoms with Gasteiger partial charge in [-0.1, -0.05) is 18.7 Å². The lowest BCUT2D eigenvalue weighted by atomic mass is 9.89. The van der Waals surface area contributed by atoms with Gasteiger partial charge in [0, 0.05) is 11.4 Å². The van der Waals surface area contributed by atoms with Crippen LogP contribution < -0.4 is 25.4 Å². The number of rotatable bonds is 8. The van der Waals surface area contributed by atoms with Crippen LogP contribution in [0.15, 0.2) is 54.7 Å². The zero-order chi connectivity index (χ0) is 26.5. The molecule has 1 heterocycles. The standard InChI is InChI=1S/C24H24F3N3O5S/c1-4-34-22(32)20-13(2)28-23(36)30-21(20)14-8-9-17(18(10-14)33-3)35-12-19(31)29-16-7-5-6-15(11-16)24(25,26)27/h5-11,20-21H,2,4,12H2,1,3H3,(H,29,31)(H2,28,30,36)/t20-,21+/m1/s1. The molecule has 1 amide bonds. The van der Waals surface area contributed by atoms with Gasteiger partial charge in [-0.2, -0.15) is 13.2 Å². The van der Waals surface area contributed by atoms with Crippen molar-refractivity contribution in [1.82, 2.24) is 10.6 Å². The summed E-state index contributed by atoms with van der Waals surface area (Å²) in [5.74, 6) is -1.45. The van der Waals surface area contributed by atoms with Crippen LogP contribution in [0.4, 0.5) is 18.9 Å². The fourth-order valence-electron chi connectivity index (χ4n) is 3.58. The van der Waals surface area contributed by atoms with Crippen molar-refractivity contribution in [2.75, 3.05) is 25.6 Å². The number of nitrogens with one attached hydrogen (secondary N) is 3. The van der Waals surface area contributed by atoms with Gasteiger partial charge in [0.15, 0.2) is 23.2 Å². The zero-order valence-corrected chi connectivity index (χ0v) is 20.2. The Balaban J connectivity index is 1.73. The maximum atomic E-state index is 12.9. The summed E-state index contributed by atoms with van der Waals surface area (Å²) >= 11 is 5.21. The van der Waals surface area contributed by atoms with Crippen LogP contribution in [-0.2, 0) is 20.5 Å². The Bertz CT molecular complexity index is 1170. The van der Waals surface area contributed by atoms with Gasteiger partial charge in [-0.3, -0.25) is 9.59 Å². The molecule has 36 heavy (non-hydrogen) atoms. The van der Waals surface area contributed by atoms with E-state index in [9.17, 15) is 22.8 Å². The molecular weight excluding hydrogens is 499 g/mol. The summed E-state index contributed by atoms with van der Waals surface area (Å²) in [6.07, 6.45) is -4.53. The summed E-state index contributed by atoms with van der Waals surface area (Å²) in [6, 6.07) is 8.49. The molecule has 2 aromatic carbocycles. The number of carbonyl (C=O) groups excluding carboxylic acids is 2. The first kappa shape index (κ1) is 26.8. The molecule has 1 aliphatic heterocycles. The number of carbonyl (C=O) groups is 2. The highest BCUT2D eigenvalue weighted by molar-refractivity contribution is 7.80. The lowest BCUT2D eigenvalue weighted by Crippen LogP contribution is -2.51. The number of amides is 1. The Labute approximate surface area is 210 Å². The van der Waals surface area contributed by atoms with Crippen LogP contribution in [-0.4, -0.2) is 37.3 Å². The molecule has 0 unspecified atom stereocenters. The Hall–Kier alpha value is -3.80. The first-order valence-electron chi connectivity index (χ1n) is 10.7. The minimum Gasteiger partial charge on any atom is -0.493 e. The van der Waals surface area contributed by atoms with Gasteiger partial charge in [0.2, 0.25) is 0 Å². The molecule has 1 fully saturated rings. The maximum Gasteiger partial charge on any atom is 0.416 e. The van der Waals surface area contributed by atoms with Gasteiger partial charge in [-0.15, -0.1) is 0 Å². The molecule has 0 bridgehead atoms. The third-order valence-corrected chi connectivity index (χ3v) is 5.41. The second-order valence-corrected chi connectivity index (χ2v) is 8.07. The van der Waals surface area contributed by atoms with Crippen LogP contribution >= 0.6 is 12.2 Å². The number of alkyl halides is 3. The molecule has 2 atom stereocenters. The van der Waals surface area contributed by atoms with E-state index in [1.807, 2.05) is 0 Å². The van der Waals surface area contributed by atoms with Crippen molar-refractivity contribution in [2.24, 2.45) is 5.92 Å². The van der Waals surface area contributed by atoms with Crippen LogP contribution in [0.25, 0.3) is 0 Å². The predicted octanol–water partition coefficient (Wildman–Crippen LogP) is 3.94. The second-order valence-electron chi connectivity index (χ2n) is 7.66. The van der Waals surface area contributed by atoms with Crippen molar-refractivity contribution in [2.45, 2.75) is 19.1 Å². The van der Waals surface area contributed by atoms with Gasteiger partial charge in [0.1, 0.15) is 5.92 Å². The molecule has 12 heteroatoms. The van der Waals surface area contributed by atoms with Gasteiger partial charge in [0.05, 0.1) is 25.3 Å². The quantitative estimate of drug-likeness (QED) is 0.354. The lowest BCUT2D eigenvalue weighted by Gasteiger charge is -2.35. The highest BCUT2D eigenvalue weighted by Gasteiger charge is 2.38.